The number of rotatable bonds is 7. The molecule has 0 aliphatic carbocycles. The summed E-state index contributed by atoms with van der Waals surface area (Å²) in [6.45, 7) is 3.45. The minimum Gasteiger partial charge on any atom is -0.477 e. The average molecular weight is 323 g/mol. The first-order chi connectivity index (χ1) is 9.66. The Morgan fingerprint density at radius 3 is 2.52 bits per heavy atom. The summed E-state index contributed by atoms with van der Waals surface area (Å²) in [6, 6.07) is 1.26. The van der Waals surface area contributed by atoms with E-state index in [9.17, 15) is 22.0 Å². The first-order valence-electron chi connectivity index (χ1n) is 5.99. The number of carboxylic acid groups (broad SMARTS) is 1. The highest BCUT2D eigenvalue weighted by Crippen LogP contribution is 2.20. The normalized spacial score (nSPS) is 11.9. The van der Waals surface area contributed by atoms with Crippen molar-refractivity contribution in [3.63, 3.8) is 0 Å². The molecule has 0 aromatic heterocycles. The molecule has 1 aromatic rings. The standard InChI is InChI=1S/C12H15F2NO5S/c1-7(2)20-6-5-15-21(18,19)9-4-3-8(13)10(11(9)14)12(16)17/h3-4,7,15H,5-6H2,1-2H3,(H,16,17). The number of carboxylic acids is 1. The van der Waals surface area contributed by atoms with E-state index < -0.39 is 38.1 Å². The summed E-state index contributed by atoms with van der Waals surface area (Å²) in [5.41, 5.74) is -1.31. The van der Waals surface area contributed by atoms with Crippen LogP contribution in [-0.2, 0) is 14.8 Å². The molecule has 0 amide bonds. The summed E-state index contributed by atoms with van der Waals surface area (Å²) in [5.74, 6) is -4.87. The maximum absolute atomic E-state index is 13.8. The quantitative estimate of drug-likeness (QED) is 0.739. The molecule has 21 heavy (non-hydrogen) atoms. The van der Waals surface area contributed by atoms with Crippen molar-refractivity contribution in [1.82, 2.24) is 4.72 Å². The number of aromatic carboxylic acids is 1. The molecule has 0 radical (unpaired) electrons. The molecule has 1 rings (SSSR count). The van der Waals surface area contributed by atoms with Crippen molar-refractivity contribution >= 4 is 16.0 Å². The maximum Gasteiger partial charge on any atom is 0.341 e. The van der Waals surface area contributed by atoms with Gasteiger partial charge >= 0.3 is 5.97 Å². The first-order valence-corrected chi connectivity index (χ1v) is 7.47. The van der Waals surface area contributed by atoms with Gasteiger partial charge in [-0.1, -0.05) is 0 Å². The fourth-order valence-electron chi connectivity index (χ4n) is 1.49. The summed E-state index contributed by atoms with van der Waals surface area (Å²) in [7, 11) is -4.30. The van der Waals surface area contributed by atoms with Crippen LogP contribution in [0.15, 0.2) is 17.0 Å². The lowest BCUT2D eigenvalue weighted by Gasteiger charge is -2.11. The van der Waals surface area contributed by atoms with Gasteiger partial charge in [-0.05, 0) is 26.0 Å². The number of sulfonamides is 1. The molecule has 0 saturated carbocycles. The van der Waals surface area contributed by atoms with Crippen LogP contribution in [0, 0.1) is 11.6 Å². The molecule has 0 aliphatic heterocycles. The van der Waals surface area contributed by atoms with Crippen LogP contribution in [0.1, 0.15) is 24.2 Å². The summed E-state index contributed by atoms with van der Waals surface area (Å²) in [5, 5.41) is 8.70. The van der Waals surface area contributed by atoms with Crippen molar-refractivity contribution < 1.29 is 31.8 Å². The maximum atomic E-state index is 13.8. The minimum atomic E-state index is -4.30. The van der Waals surface area contributed by atoms with E-state index in [2.05, 4.69) is 0 Å². The van der Waals surface area contributed by atoms with Crippen molar-refractivity contribution in [3.05, 3.63) is 29.3 Å². The number of hydrogen-bond donors (Lipinski definition) is 2. The van der Waals surface area contributed by atoms with Crippen LogP contribution in [0.4, 0.5) is 8.78 Å². The van der Waals surface area contributed by atoms with Gasteiger partial charge in [-0.25, -0.2) is 26.7 Å². The van der Waals surface area contributed by atoms with Crippen molar-refractivity contribution in [3.8, 4) is 0 Å². The number of carbonyl (C=O) groups is 1. The molecule has 6 nitrogen and oxygen atoms in total. The second-order valence-corrected chi connectivity index (χ2v) is 6.09. The predicted molar refractivity (Wildman–Crippen MR) is 69.6 cm³/mol. The molecule has 0 bridgehead atoms. The van der Waals surface area contributed by atoms with Crippen molar-refractivity contribution in [1.29, 1.82) is 0 Å². The Morgan fingerprint density at radius 1 is 1.38 bits per heavy atom. The molecule has 0 fully saturated rings. The number of ether oxygens (including phenoxy) is 1. The topological polar surface area (TPSA) is 92.7 Å². The molecule has 0 aliphatic rings. The van der Waals surface area contributed by atoms with Gasteiger partial charge in [-0.3, -0.25) is 0 Å². The van der Waals surface area contributed by atoms with Gasteiger partial charge in [0.1, 0.15) is 16.3 Å². The number of halogens is 2. The lowest BCUT2D eigenvalue weighted by atomic mass is 10.2. The van der Waals surface area contributed by atoms with Gasteiger partial charge in [0.15, 0.2) is 5.82 Å². The lowest BCUT2D eigenvalue weighted by Crippen LogP contribution is -2.29. The molecule has 0 spiro atoms. The Morgan fingerprint density at radius 2 is 2.00 bits per heavy atom. The lowest BCUT2D eigenvalue weighted by molar-refractivity contribution is 0.0685. The average Bonchev–Trinajstić information content (AvgIpc) is 2.33. The summed E-state index contributed by atoms with van der Waals surface area (Å²) in [4.78, 5) is 9.82. The third-order valence-corrected chi connectivity index (χ3v) is 3.88. The van der Waals surface area contributed by atoms with Crippen LogP contribution in [0.2, 0.25) is 0 Å². The molecule has 0 unspecified atom stereocenters. The monoisotopic (exact) mass is 323 g/mol. The summed E-state index contributed by atoms with van der Waals surface area (Å²) >= 11 is 0. The summed E-state index contributed by atoms with van der Waals surface area (Å²) in [6.07, 6.45) is -0.101. The van der Waals surface area contributed by atoms with Gasteiger partial charge in [0.2, 0.25) is 10.0 Å². The molecule has 0 heterocycles. The van der Waals surface area contributed by atoms with E-state index in [1.54, 1.807) is 13.8 Å². The van der Waals surface area contributed by atoms with Gasteiger partial charge < -0.3 is 9.84 Å². The third-order valence-electron chi connectivity index (χ3n) is 2.40. The second-order valence-electron chi connectivity index (χ2n) is 4.36. The van der Waals surface area contributed by atoms with E-state index in [1.165, 1.54) is 0 Å². The Kier molecular flexibility index (Phi) is 5.76. The van der Waals surface area contributed by atoms with Gasteiger partial charge in [-0.15, -0.1) is 0 Å². The Labute approximate surface area is 120 Å². The fourth-order valence-corrected chi connectivity index (χ4v) is 2.58. The fraction of sp³-hybridized carbons (Fsp3) is 0.417. The van der Waals surface area contributed by atoms with Gasteiger partial charge in [0.25, 0.3) is 0 Å². The zero-order chi connectivity index (χ0) is 16.2. The largest absolute Gasteiger partial charge is 0.477 e. The van der Waals surface area contributed by atoms with E-state index in [1.807, 2.05) is 4.72 Å². The third kappa shape index (κ3) is 4.45. The minimum absolute atomic E-state index is 0.0610. The highest BCUT2D eigenvalue weighted by molar-refractivity contribution is 7.89. The van der Waals surface area contributed by atoms with Crippen LogP contribution in [0.25, 0.3) is 0 Å². The molecular weight excluding hydrogens is 308 g/mol. The highest BCUT2D eigenvalue weighted by Gasteiger charge is 2.26. The molecule has 2 N–H and O–H groups in total. The second kappa shape index (κ2) is 6.92. The number of hydrogen-bond acceptors (Lipinski definition) is 4. The Bertz CT molecular complexity index is 631. The first kappa shape index (κ1) is 17.5. The van der Waals surface area contributed by atoms with Crippen LogP contribution >= 0.6 is 0 Å². The van der Waals surface area contributed by atoms with Crippen LogP contribution in [-0.4, -0.2) is 38.7 Å². The van der Waals surface area contributed by atoms with E-state index in [4.69, 9.17) is 9.84 Å². The number of nitrogens with one attached hydrogen (secondary N) is 1. The molecular formula is C12H15F2NO5S. The van der Waals surface area contributed by atoms with Crippen LogP contribution in [0.3, 0.4) is 0 Å². The van der Waals surface area contributed by atoms with Crippen molar-refractivity contribution in [2.24, 2.45) is 0 Å². The van der Waals surface area contributed by atoms with E-state index in [0.717, 1.165) is 0 Å². The van der Waals surface area contributed by atoms with Crippen molar-refractivity contribution in [2.75, 3.05) is 13.2 Å². The summed E-state index contributed by atoms with van der Waals surface area (Å²) < 4.78 is 57.9. The molecule has 1 aromatic carbocycles. The highest BCUT2D eigenvalue weighted by atomic mass is 32.2. The SMILES string of the molecule is CC(C)OCCNS(=O)(=O)c1ccc(F)c(C(=O)O)c1F. The van der Waals surface area contributed by atoms with Crippen LogP contribution in [0.5, 0.6) is 0 Å². The van der Waals surface area contributed by atoms with E-state index >= 15 is 0 Å². The van der Waals surface area contributed by atoms with Gasteiger partial charge in [0.05, 0.1) is 12.7 Å². The van der Waals surface area contributed by atoms with Gasteiger partial charge in [0, 0.05) is 6.54 Å². The molecule has 9 heteroatoms. The smallest absolute Gasteiger partial charge is 0.341 e. The predicted octanol–water partition coefficient (Wildman–Crippen LogP) is 1.37. The van der Waals surface area contributed by atoms with Crippen LogP contribution < -0.4 is 4.72 Å². The molecule has 118 valence electrons. The van der Waals surface area contributed by atoms with E-state index in [0.29, 0.717) is 12.1 Å². The molecule has 0 atom stereocenters. The Hall–Kier alpha value is -1.58. The number of benzene rings is 1. The zero-order valence-corrected chi connectivity index (χ0v) is 12.2. The Balaban J connectivity index is 2.99. The zero-order valence-electron chi connectivity index (χ0n) is 11.4. The molecule has 0 saturated heterocycles. The van der Waals surface area contributed by atoms with Crippen molar-refractivity contribution in [2.45, 2.75) is 24.8 Å². The van der Waals surface area contributed by atoms with Gasteiger partial charge in [-0.2, -0.15) is 0 Å². The van der Waals surface area contributed by atoms with E-state index in [-0.39, 0.29) is 19.3 Å².